The van der Waals surface area contributed by atoms with Crippen LogP contribution in [0.15, 0.2) is 0 Å². The Balaban J connectivity index is 0.000000424. The molecule has 1 N–H and O–H groups in total. The highest BCUT2D eigenvalue weighted by Crippen LogP contribution is 2.30. The summed E-state index contributed by atoms with van der Waals surface area (Å²) in [5.41, 5.74) is -0.182. The molecule has 0 radical (unpaired) electrons. The Morgan fingerprint density at radius 3 is 2.08 bits per heavy atom. The molecule has 0 heterocycles. The van der Waals surface area contributed by atoms with Crippen LogP contribution in [0, 0.1) is 0 Å². The van der Waals surface area contributed by atoms with E-state index in [1.54, 1.807) is 7.11 Å². The highest BCUT2D eigenvalue weighted by molar-refractivity contribution is 5.44. The molecule has 0 unspecified atom stereocenters. The predicted octanol–water partition coefficient (Wildman–Crippen LogP) is 1.53. The maximum atomic E-state index is 9.02. The summed E-state index contributed by atoms with van der Waals surface area (Å²) in [6.45, 7) is 1.63. The molecule has 1 saturated carbocycles. The predicted molar refractivity (Wildman–Crippen MR) is 51.6 cm³/mol. The van der Waals surface area contributed by atoms with E-state index in [1.165, 1.54) is 26.2 Å². The zero-order valence-corrected chi connectivity index (χ0v) is 8.58. The fourth-order valence-corrected chi connectivity index (χ4v) is 1.62. The van der Waals surface area contributed by atoms with Crippen LogP contribution in [0.1, 0.15) is 39.0 Å². The van der Waals surface area contributed by atoms with Gasteiger partial charge in [0.05, 0.1) is 12.2 Å². The first-order valence-corrected chi connectivity index (χ1v) is 4.80. The minimum Gasteiger partial charge on any atom is -0.393 e. The van der Waals surface area contributed by atoms with Gasteiger partial charge in [-0.2, -0.15) is 0 Å². The van der Waals surface area contributed by atoms with Gasteiger partial charge < -0.3 is 14.6 Å². The molecule has 0 aromatic rings. The third kappa shape index (κ3) is 4.39. The molecule has 1 aliphatic carbocycles. The molecule has 0 saturated heterocycles. The molecule has 0 bridgehead atoms. The van der Waals surface area contributed by atoms with Crippen molar-refractivity contribution in [3.05, 3.63) is 0 Å². The van der Waals surface area contributed by atoms with E-state index in [-0.39, 0.29) is 12.2 Å². The standard InChI is InChI=1S/C8H16O2.C2H4O/c1-10-8(7-9)5-3-2-4-6-8;1-2-3/h9H,2-7H2,1H3;2H,1H3. The third-order valence-corrected chi connectivity index (χ3v) is 2.49. The van der Waals surface area contributed by atoms with Gasteiger partial charge in [-0.25, -0.2) is 0 Å². The Hall–Kier alpha value is -0.410. The minimum absolute atomic E-state index is 0.182. The number of carbonyl (C=O) groups excluding carboxylic acids is 1. The van der Waals surface area contributed by atoms with Crippen molar-refractivity contribution in [3.63, 3.8) is 0 Å². The Kier molecular flexibility index (Phi) is 6.82. The maximum Gasteiger partial charge on any atom is 0.116 e. The molecule has 0 spiro atoms. The van der Waals surface area contributed by atoms with Gasteiger partial charge in [0.15, 0.2) is 0 Å². The molecular formula is C10H20O3. The lowest BCUT2D eigenvalue weighted by Gasteiger charge is -2.33. The van der Waals surface area contributed by atoms with Crippen LogP contribution < -0.4 is 0 Å². The topological polar surface area (TPSA) is 46.5 Å². The van der Waals surface area contributed by atoms with Gasteiger partial charge in [0.1, 0.15) is 6.29 Å². The number of hydrogen-bond donors (Lipinski definition) is 1. The number of aliphatic hydroxyl groups excluding tert-OH is 1. The van der Waals surface area contributed by atoms with E-state index in [0.717, 1.165) is 19.1 Å². The lowest BCUT2D eigenvalue weighted by molar-refractivity contribution is -0.106. The average molecular weight is 188 g/mol. The monoisotopic (exact) mass is 188 g/mol. The summed E-state index contributed by atoms with van der Waals surface area (Å²) in [7, 11) is 1.70. The summed E-state index contributed by atoms with van der Waals surface area (Å²) in [6.07, 6.45) is 6.51. The maximum absolute atomic E-state index is 9.02. The molecule has 78 valence electrons. The van der Waals surface area contributed by atoms with E-state index in [0.29, 0.717) is 0 Å². The Morgan fingerprint density at radius 2 is 1.85 bits per heavy atom. The third-order valence-electron chi connectivity index (χ3n) is 2.49. The summed E-state index contributed by atoms with van der Waals surface area (Å²) in [5, 5.41) is 9.02. The summed E-state index contributed by atoms with van der Waals surface area (Å²) < 4.78 is 5.28. The quantitative estimate of drug-likeness (QED) is 0.668. The zero-order valence-electron chi connectivity index (χ0n) is 8.58. The van der Waals surface area contributed by atoms with Crippen LogP contribution in [0.2, 0.25) is 0 Å². The van der Waals surface area contributed by atoms with Crippen molar-refractivity contribution in [2.24, 2.45) is 0 Å². The fraction of sp³-hybridized carbons (Fsp3) is 0.900. The second-order valence-corrected chi connectivity index (χ2v) is 3.34. The largest absolute Gasteiger partial charge is 0.393 e. The smallest absolute Gasteiger partial charge is 0.116 e. The lowest BCUT2D eigenvalue weighted by atomic mass is 9.85. The van der Waals surface area contributed by atoms with Crippen LogP contribution in [-0.4, -0.2) is 30.7 Å². The molecule has 0 atom stereocenters. The Bertz CT molecular complexity index is 122. The van der Waals surface area contributed by atoms with Crippen LogP contribution >= 0.6 is 0 Å². The Morgan fingerprint density at radius 1 is 1.38 bits per heavy atom. The number of carbonyl (C=O) groups is 1. The van der Waals surface area contributed by atoms with Crippen molar-refractivity contribution in [1.29, 1.82) is 0 Å². The van der Waals surface area contributed by atoms with Gasteiger partial charge in [0.2, 0.25) is 0 Å². The van der Waals surface area contributed by atoms with Gasteiger partial charge in [0.25, 0.3) is 0 Å². The number of methoxy groups -OCH3 is 1. The van der Waals surface area contributed by atoms with Crippen molar-refractivity contribution in [3.8, 4) is 0 Å². The van der Waals surface area contributed by atoms with Gasteiger partial charge in [-0.15, -0.1) is 0 Å². The van der Waals surface area contributed by atoms with Gasteiger partial charge in [0, 0.05) is 7.11 Å². The summed E-state index contributed by atoms with van der Waals surface area (Å²) in [4.78, 5) is 8.81. The highest BCUT2D eigenvalue weighted by Gasteiger charge is 2.30. The van der Waals surface area contributed by atoms with Crippen molar-refractivity contribution < 1.29 is 14.6 Å². The number of rotatable bonds is 2. The van der Waals surface area contributed by atoms with Gasteiger partial charge >= 0.3 is 0 Å². The van der Waals surface area contributed by atoms with E-state index < -0.39 is 0 Å². The van der Waals surface area contributed by atoms with Gasteiger partial charge in [-0.05, 0) is 19.8 Å². The second-order valence-electron chi connectivity index (χ2n) is 3.34. The molecular weight excluding hydrogens is 168 g/mol. The summed E-state index contributed by atoms with van der Waals surface area (Å²) in [5.74, 6) is 0. The minimum atomic E-state index is -0.182. The van der Waals surface area contributed by atoms with E-state index in [4.69, 9.17) is 14.6 Å². The number of aliphatic hydroxyl groups is 1. The highest BCUT2D eigenvalue weighted by atomic mass is 16.5. The number of ether oxygens (including phenoxy) is 1. The van der Waals surface area contributed by atoms with E-state index in [2.05, 4.69) is 0 Å². The number of aldehydes is 1. The molecule has 0 aliphatic heterocycles. The molecule has 0 aromatic carbocycles. The lowest BCUT2D eigenvalue weighted by Crippen LogP contribution is -2.37. The molecule has 3 heteroatoms. The molecule has 0 amide bonds. The molecule has 0 aromatic heterocycles. The van der Waals surface area contributed by atoms with Crippen molar-refractivity contribution in [2.75, 3.05) is 13.7 Å². The molecule has 1 rings (SSSR count). The first-order valence-electron chi connectivity index (χ1n) is 4.80. The van der Waals surface area contributed by atoms with Crippen molar-refractivity contribution in [2.45, 2.75) is 44.6 Å². The van der Waals surface area contributed by atoms with E-state index >= 15 is 0 Å². The zero-order chi connectivity index (χ0) is 10.2. The molecule has 1 fully saturated rings. The van der Waals surface area contributed by atoms with E-state index in [1.807, 2.05) is 0 Å². The second kappa shape index (κ2) is 7.04. The first-order chi connectivity index (χ1) is 6.24. The summed E-state index contributed by atoms with van der Waals surface area (Å²) >= 11 is 0. The van der Waals surface area contributed by atoms with Crippen LogP contribution in [0.5, 0.6) is 0 Å². The molecule has 1 aliphatic rings. The summed E-state index contributed by atoms with van der Waals surface area (Å²) in [6, 6.07) is 0. The molecule has 13 heavy (non-hydrogen) atoms. The van der Waals surface area contributed by atoms with Crippen LogP contribution in [0.25, 0.3) is 0 Å². The normalized spacial score (nSPS) is 19.9. The van der Waals surface area contributed by atoms with Crippen LogP contribution in [0.4, 0.5) is 0 Å². The van der Waals surface area contributed by atoms with Crippen LogP contribution in [-0.2, 0) is 9.53 Å². The van der Waals surface area contributed by atoms with Crippen LogP contribution in [0.3, 0.4) is 0 Å². The van der Waals surface area contributed by atoms with Gasteiger partial charge in [-0.1, -0.05) is 19.3 Å². The van der Waals surface area contributed by atoms with E-state index in [9.17, 15) is 0 Å². The molecule has 3 nitrogen and oxygen atoms in total. The average Bonchev–Trinajstić information content (AvgIpc) is 2.20. The Labute approximate surface area is 80.1 Å². The first kappa shape index (κ1) is 12.6. The van der Waals surface area contributed by atoms with Crippen molar-refractivity contribution in [1.82, 2.24) is 0 Å². The van der Waals surface area contributed by atoms with Gasteiger partial charge in [-0.3, -0.25) is 0 Å². The fourth-order valence-electron chi connectivity index (χ4n) is 1.62. The SMILES string of the molecule is CC=O.COC1(CO)CCCCC1. The number of hydrogen-bond acceptors (Lipinski definition) is 3. The van der Waals surface area contributed by atoms with Crippen molar-refractivity contribution >= 4 is 6.29 Å².